The summed E-state index contributed by atoms with van der Waals surface area (Å²) in [5.41, 5.74) is 0. The van der Waals surface area contributed by atoms with Crippen LogP contribution in [-0.4, -0.2) is 56.8 Å². The number of aromatic nitrogens is 4. The van der Waals surface area contributed by atoms with Crippen molar-refractivity contribution in [3.8, 4) is 0 Å². The van der Waals surface area contributed by atoms with Gasteiger partial charge in [0.25, 0.3) is 0 Å². The third-order valence-electron chi connectivity index (χ3n) is 3.20. The number of allylic oxidation sites excluding steroid dienone is 1. The molecule has 7 heteroatoms. The average Bonchev–Trinajstić information content (AvgIpc) is 2.97. The molecular formula is C10H14N4O3. The molecule has 2 aliphatic rings. The standard InChI is InChI=1S/C10H14N4O3/c1-2-3-8-11-12-13-14(8)6-4-16-10-7(15)5-17-9(6)10/h2,6-7,9-10,15H,1,3-5H2/t6-,7-,9-,10+/m1/s1. The quantitative estimate of drug-likeness (QED) is 0.687. The van der Waals surface area contributed by atoms with Crippen LogP contribution in [0, 0.1) is 0 Å². The molecule has 3 rings (SSSR count). The van der Waals surface area contributed by atoms with E-state index in [1.54, 1.807) is 10.8 Å². The Hall–Kier alpha value is -1.31. The molecule has 0 bridgehead atoms. The lowest BCUT2D eigenvalue weighted by Gasteiger charge is -2.16. The fourth-order valence-electron chi connectivity index (χ4n) is 2.40. The van der Waals surface area contributed by atoms with Crippen molar-refractivity contribution in [1.82, 2.24) is 20.2 Å². The highest BCUT2D eigenvalue weighted by Gasteiger charge is 2.48. The van der Waals surface area contributed by atoms with E-state index in [2.05, 4.69) is 22.1 Å². The second kappa shape index (κ2) is 4.17. The molecule has 0 radical (unpaired) electrons. The second-order valence-electron chi connectivity index (χ2n) is 4.26. The van der Waals surface area contributed by atoms with E-state index in [4.69, 9.17) is 9.47 Å². The van der Waals surface area contributed by atoms with Crippen LogP contribution >= 0.6 is 0 Å². The van der Waals surface area contributed by atoms with Crippen molar-refractivity contribution < 1.29 is 14.6 Å². The summed E-state index contributed by atoms with van der Waals surface area (Å²) in [5, 5.41) is 21.2. The van der Waals surface area contributed by atoms with Crippen molar-refractivity contribution in [2.75, 3.05) is 13.2 Å². The van der Waals surface area contributed by atoms with Gasteiger partial charge in [-0.3, -0.25) is 0 Å². The van der Waals surface area contributed by atoms with E-state index < -0.39 is 6.10 Å². The van der Waals surface area contributed by atoms with Crippen LogP contribution in [-0.2, 0) is 15.9 Å². The number of aliphatic hydroxyl groups is 1. The highest BCUT2D eigenvalue weighted by molar-refractivity contribution is 5.00. The van der Waals surface area contributed by atoms with Gasteiger partial charge < -0.3 is 14.6 Å². The van der Waals surface area contributed by atoms with Gasteiger partial charge in [-0.15, -0.1) is 11.7 Å². The summed E-state index contributed by atoms with van der Waals surface area (Å²) in [4.78, 5) is 0. The van der Waals surface area contributed by atoms with Crippen LogP contribution in [0.3, 0.4) is 0 Å². The summed E-state index contributed by atoms with van der Waals surface area (Å²) in [5.74, 6) is 0.735. The number of aliphatic hydroxyl groups excluding tert-OH is 1. The maximum absolute atomic E-state index is 9.66. The lowest BCUT2D eigenvalue weighted by Crippen LogP contribution is -2.31. The molecule has 2 saturated heterocycles. The molecule has 2 aliphatic heterocycles. The largest absolute Gasteiger partial charge is 0.388 e. The van der Waals surface area contributed by atoms with Crippen molar-refractivity contribution in [2.45, 2.75) is 30.8 Å². The zero-order valence-corrected chi connectivity index (χ0v) is 9.27. The Bertz CT molecular complexity index is 421. The topological polar surface area (TPSA) is 82.3 Å². The van der Waals surface area contributed by atoms with E-state index in [-0.39, 0.29) is 18.2 Å². The van der Waals surface area contributed by atoms with Gasteiger partial charge in [0.2, 0.25) is 0 Å². The number of hydrogen-bond donors (Lipinski definition) is 1. The van der Waals surface area contributed by atoms with Gasteiger partial charge in [0.1, 0.15) is 24.4 Å². The average molecular weight is 238 g/mol. The Morgan fingerprint density at radius 2 is 2.24 bits per heavy atom. The highest BCUT2D eigenvalue weighted by Crippen LogP contribution is 2.34. The summed E-state index contributed by atoms with van der Waals surface area (Å²) in [6, 6.07) is -0.0675. The zero-order valence-electron chi connectivity index (χ0n) is 9.27. The van der Waals surface area contributed by atoms with Gasteiger partial charge in [-0.05, 0) is 10.4 Å². The Kier molecular flexibility index (Phi) is 2.65. The normalized spacial score (nSPS) is 36.1. The second-order valence-corrected chi connectivity index (χ2v) is 4.26. The number of hydrogen-bond acceptors (Lipinski definition) is 6. The minimum atomic E-state index is -0.552. The molecule has 0 aliphatic carbocycles. The zero-order chi connectivity index (χ0) is 11.8. The summed E-state index contributed by atoms with van der Waals surface area (Å²) in [6.45, 7) is 4.44. The van der Waals surface area contributed by atoms with Crippen molar-refractivity contribution in [3.63, 3.8) is 0 Å². The molecule has 92 valence electrons. The van der Waals surface area contributed by atoms with Gasteiger partial charge in [-0.1, -0.05) is 6.08 Å². The van der Waals surface area contributed by atoms with Gasteiger partial charge in [-0.25, -0.2) is 4.68 Å². The fourth-order valence-corrected chi connectivity index (χ4v) is 2.40. The summed E-state index contributed by atoms with van der Waals surface area (Å²) >= 11 is 0. The van der Waals surface area contributed by atoms with Crippen molar-refractivity contribution >= 4 is 0 Å². The third-order valence-corrected chi connectivity index (χ3v) is 3.20. The molecule has 1 aromatic rings. The minimum Gasteiger partial charge on any atom is -0.388 e. The number of fused-ring (bicyclic) bond motifs is 1. The Labute approximate surface area is 98.0 Å². The SMILES string of the molecule is C=CCc1nnnn1[C@@H]1CO[C@@H]2[C@@H]1OC[C@H]2O. The molecule has 7 nitrogen and oxygen atoms in total. The fraction of sp³-hybridized carbons (Fsp3) is 0.700. The van der Waals surface area contributed by atoms with E-state index in [1.165, 1.54) is 0 Å². The van der Waals surface area contributed by atoms with E-state index in [0.29, 0.717) is 19.6 Å². The highest BCUT2D eigenvalue weighted by atomic mass is 16.6. The predicted molar refractivity (Wildman–Crippen MR) is 56.2 cm³/mol. The van der Waals surface area contributed by atoms with Crippen LogP contribution in [0.2, 0.25) is 0 Å². The lowest BCUT2D eigenvalue weighted by atomic mass is 10.1. The molecule has 2 fully saturated rings. The van der Waals surface area contributed by atoms with E-state index in [1.807, 2.05) is 0 Å². The lowest BCUT2D eigenvalue weighted by molar-refractivity contribution is 0.0168. The molecule has 17 heavy (non-hydrogen) atoms. The van der Waals surface area contributed by atoms with Gasteiger partial charge in [0, 0.05) is 6.42 Å². The van der Waals surface area contributed by atoms with Crippen molar-refractivity contribution in [3.05, 3.63) is 18.5 Å². The van der Waals surface area contributed by atoms with Crippen LogP contribution in [0.4, 0.5) is 0 Å². The maximum atomic E-state index is 9.66. The van der Waals surface area contributed by atoms with Gasteiger partial charge >= 0.3 is 0 Å². The molecule has 0 aromatic carbocycles. The molecule has 1 N–H and O–H groups in total. The van der Waals surface area contributed by atoms with Gasteiger partial charge in [0.05, 0.1) is 13.2 Å². The molecule has 0 spiro atoms. The Morgan fingerprint density at radius 3 is 3.06 bits per heavy atom. The predicted octanol–water partition coefficient (Wildman–Crippen LogP) is -0.899. The molecule has 3 heterocycles. The Morgan fingerprint density at radius 1 is 1.41 bits per heavy atom. The van der Waals surface area contributed by atoms with Crippen LogP contribution in [0.25, 0.3) is 0 Å². The first-order chi connectivity index (χ1) is 8.31. The van der Waals surface area contributed by atoms with E-state index >= 15 is 0 Å². The molecule has 0 amide bonds. The van der Waals surface area contributed by atoms with Crippen LogP contribution in [0.5, 0.6) is 0 Å². The van der Waals surface area contributed by atoms with Crippen LogP contribution in [0.15, 0.2) is 12.7 Å². The third kappa shape index (κ3) is 1.67. The molecule has 1 aromatic heterocycles. The van der Waals surface area contributed by atoms with Crippen molar-refractivity contribution in [1.29, 1.82) is 0 Å². The van der Waals surface area contributed by atoms with Crippen LogP contribution < -0.4 is 0 Å². The van der Waals surface area contributed by atoms with Gasteiger partial charge in [0.15, 0.2) is 5.82 Å². The molecular weight excluding hydrogens is 224 g/mol. The monoisotopic (exact) mass is 238 g/mol. The Balaban J connectivity index is 1.85. The maximum Gasteiger partial charge on any atom is 0.155 e. The van der Waals surface area contributed by atoms with E-state index in [0.717, 1.165) is 5.82 Å². The molecule has 0 unspecified atom stereocenters. The first kappa shape index (κ1) is 10.8. The number of nitrogens with zero attached hydrogens (tertiary/aromatic N) is 4. The minimum absolute atomic E-state index is 0.0675. The molecule has 0 saturated carbocycles. The number of ether oxygens (including phenoxy) is 2. The van der Waals surface area contributed by atoms with Crippen LogP contribution in [0.1, 0.15) is 11.9 Å². The van der Waals surface area contributed by atoms with Crippen molar-refractivity contribution in [2.24, 2.45) is 0 Å². The first-order valence-corrected chi connectivity index (χ1v) is 5.60. The summed E-state index contributed by atoms with van der Waals surface area (Å²) in [6.07, 6.45) is 1.37. The number of rotatable bonds is 3. The van der Waals surface area contributed by atoms with E-state index in [9.17, 15) is 5.11 Å². The summed E-state index contributed by atoms with van der Waals surface area (Å²) < 4.78 is 12.8. The number of tetrazole rings is 1. The smallest absolute Gasteiger partial charge is 0.155 e. The van der Waals surface area contributed by atoms with Gasteiger partial charge in [-0.2, -0.15) is 0 Å². The molecule has 4 atom stereocenters. The summed E-state index contributed by atoms with van der Waals surface area (Å²) in [7, 11) is 0. The first-order valence-electron chi connectivity index (χ1n) is 5.60.